The minimum Gasteiger partial charge on any atom is -0.266 e. The number of rotatable bonds is 3. The van der Waals surface area contributed by atoms with E-state index in [0.717, 1.165) is 16.1 Å². The molecule has 0 saturated carbocycles. The van der Waals surface area contributed by atoms with E-state index in [1.54, 1.807) is 13.0 Å². The molecular weight excluding hydrogens is 332 g/mol. The molecule has 3 aromatic rings. The molecule has 122 valence electrons. The van der Waals surface area contributed by atoms with Gasteiger partial charge in [0.15, 0.2) is 0 Å². The molecule has 0 atom stereocenters. The molecule has 0 saturated heterocycles. The zero-order valence-electron chi connectivity index (χ0n) is 13.5. The first kappa shape index (κ1) is 15.4. The van der Waals surface area contributed by atoms with Crippen molar-refractivity contribution >= 4 is 34.3 Å². The normalized spacial score (nSPS) is 15.7. The van der Waals surface area contributed by atoms with Gasteiger partial charge in [0.2, 0.25) is 5.13 Å². The van der Waals surface area contributed by atoms with E-state index in [0.29, 0.717) is 16.7 Å². The van der Waals surface area contributed by atoms with Gasteiger partial charge < -0.3 is 0 Å². The van der Waals surface area contributed by atoms with Crippen molar-refractivity contribution in [3.8, 4) is 10.6 Å². The van der Waals surface area contributed by atoms with E-state index in [9.17, 15) is 4.79 Å². The van der Waals surface area contributed by atoms with Crippen LogP contribution in [-0.4, -0.2) is 21.9 Å². The van der Waals surface area contributed by atoms with Crippen LogP contribution in [0.25, 0.3) is 16.6 Å². The Morgan fingerprint density at radius 2 is 1.64 bits per heavy atom. The molecule has 25 heavy (non-hydrogen) atoms. The number of hydrogen-bond acceptors (Lipinski definition) is 5. The molecule has 6 heteroatoms. The second kappa shape index (κ2) is 6.41. The number of amidine groups is 1. The SMILES string of the molecule is CC1=N/C(=C\c2ccccc2)C(=O)N1c1nnc(-c2ccccc2)s1. The van der Waals surface area contributed by atoms with Gasteiger partial charge in [0.05, 0.1) is 0 Å². The van der Waals surface area contributed by atoms with Crippen LogP contribution in [-0.2, 0) is 4.79 Å². The molecule has 0 unspecified atom stereocenters. The van der Waals surface area contributed by atoms with Crippen LogP contribution in [0, 0.1) is 0 Å². The van der Waals surface area contributed by atoms with E-state index in [4.69, 9.17) is 0 Å². The molecule has 0 radical (unpaired) electrons. The Labute approximate surface area is 149 Å². The van der Waals surface area contributed by atoms with Gasteiger partial charge in [0.25, 0.3) is 5.91 Å². The van der Waals surface area contributed by atoms with Crippen molar-refractivity contribution in [1.82, 2.24) is 10.2 Å². The molecule has 4 rings (SSSR count). The first-order chi connectivity index (χ1) is 12.2. The first-order valence-corrected chi connectivity index (χ1v) is 8.59. The fourth-order valence-electron chi connectivity index (χ4n) is 2.56. The van der Waals surface area contributed by atoms with E-state index >= 15 is 0 Å². The molecule has 5 nitrogen and oxygen atoms in total. The molecule has 0 spiro atoms. The summed E-state index contributed by atoms with van der Waals surface area (Å²) in [5, 5.41) is 9.70. The number of nitrogens with zero attached hydrogens (tertiary/aromatic N) is 4. The molecule has 0 aliphatic carbocycles. The van der Waals surface area contributed by atoms with Gasteiger partial charge >= 0.3 is 0 Å². The third-order valence-electron chi connectivity index (χ3n) is 3.76. The summed E-state index contributed by atoms with van der Waals surface area (Å²) >= 11 is 1.37. The second-order valence-corrected chi connectivity index (χ2v) is 6.45. The third kappa shape index (κ3) is 2.99. The molecular formula is C19H14N4OS. The topological polar surface area (TPSA) is 58.5 Å². The molecule has 1 amide bonds. The summed E-state index contributed by atoms with van der Waals surface area (Å²) < 4.78 is 0. The Kier molecular flexibility index (Phi) is 3.95. The van der Waals surface area contributed by atoms with Crippen LogP contribution in [0.5, 0.6) is 0 Å². The standard InChI is InChI=1S/C19H14N4OS/c1-13-20-16(12-14-8-4-2-5-9-14)18(24)23(13)19-22-21-17(25-19)15-10-6-3-7-11-15/h2-12H,1H3/b16-12-. The highest BCUT2D eigenvalue weighted by Crippen LogP contribution is 2.32. The number of amides is 1. The minimum absolute atomic E-state index is 0.183. The third-order valence-corrected chi connectivity index (χ3v) is 4.71. The summed E-state index contributed by atoms with van der Waals surface area (Å²) in [6, 6.07) is 19.5. The van der Waals surface area contributed by atoms with Gasteiger partial charge in [-0.15, -0.1) is 10.2 Å². The predicted molar refractivity (Wildman–Crippen MR) is 100 cm³/mol. The van der Waals surface area contributed by atoms with Crippen molar-refractivity contribution in [3.63, 3.8) is 0 Å². The maximum Gasteiger partial charge on any atom is 0.284 e. The van der Waals surface area contributed by atoms with E-state index in [1.165, 1.54) is 16.2 Å². The molecule has 1 aromatic heterocycles. The van der Waals surface area contributed by atoms with E-state index in [-0.39, 0.29) is 5.91 Å². The van der Waals surface area contributed by atoms with Gasteiger partial charge in [-0.2, -0.15) is 0 Å². The Morgan fingerprint density at radius 3 is 2.36 bits per heavy atom. The van der Waals surface area contributed by atoms with Crippen LogP contribution in [0.3, 0.4) is 0 Å². The summed E-state index contributed by atoms with van der Waals surface area (Å²) in [6.07, 6.45) is 1.78. The highest BCUT2D eigenvalue weighted by atomic mass is 32.1. The Morgan fingerprint density at radius 1 is 0.960 bits per heavy atom. The lowest BCUT2D eigenvalue weighted by Gasteiger charge is -2.10. The van der Waals surface area contributed by atoms with Gasteiger partial charge in [0.1, 0.15) is 16.5 Å². The van der Waals surface area contributed by atoms with Crippen LogP contribution in [0.1, 0.15) is 12.5 Å². The van der Waals surface area contributed by atoms with Crippen LogP contribution < -0.4 is 4.90 Å². The van der Waals surface area contributed by atoms with Gasteiger partial charge in [-0.3, -0.25) is 4.79 Å². The van der Waals surface area contributed by atoms with Crippen LogP contribution in [0.4, 0.5) is 5.13 Å². The fraction of sp³-hybridized carbons (Fsp3) is 0.0526. The number of anilines is 1. The quantitative estimate of drug-likeness (QED) is 0.673. The molecule has 0 bridgehead atoms. The first-order valence-electron chi connectivity index (χ1n) is 7.78. The molecule has 1 aliphatic heterocycles. The van der Waals surface area contributed by atoms with Gasteiger partial charge in [-0.1, -0.05) is 72.0 Å². The molecule has 2 heterocycles. The number of carbonyl (C=O) groups excluding carboxylic acids is 1. The molecule has 0 N–H and O–H groups in total. The monoisotopic (exact) mass is 346 g/mol. The highest BCUT2D eigenvalue weighted by Gasteiger charge is 2.31. The highest BCUT2D eigenvalue weighted by molar-refractivity contribution is 7.18. The van der Waals surface area contributed by atoms with Crippen molar-refractivity contribution in [2.75, 3.05) is 4.90 Å². The summed E-state index contributed by atoms with van der Waals surface area (Å²) in [7, 11) is 0. The zero-order chi connectivity index (χ0) is 17.2. The number of hydrogen-bond donors (Lipinski definition) is 0. The Balaban J connectivity index is 1.64. The number of aromatic nitrogens is 2. The maximum absolute atomic E-state index is 12.7. The maximum atomic E-state index is 12.7. The van der Waals surface area contributed by atoms with Crippen molar-refractivity contribution in [3.05, 3.63) is 71.9 Å². The summed E-state index contributed by atoms with van der Waals surface area (Å²) in [5.74, 6) is 0.417. The van der Waals surface area contributed by atoms with Crippen LogP contribution in [0.2, 0.25) is 0 Å². The van der Waals surface area contributed by atoms with Crippen molar-refractivity contribution in [2.45, 2.75) is 6.92 Å². The van der Waals surface area contributed by atoms with Gasteiger partial charge in [-0.25, -0.2) is 9.89 Å². The second-order valence-electron chi connectivity index (χ2n) is 5.50. The van der Waals surface area contributed by atoms with Crippen molar-refractivity contribution in [2.24, 2.45) is 4.99 Å². The van der Waals surface area contributed by atoms with Crippen LogP contribution >= 0.6 is 11.3 Å². The van der Waals surface area contributed by atoms with Crippen molar-refractivity contribution in [1.29, 1.82) is 0 Å². The van der Waals surface area contributed by atoms with E-state index in [2.05, 4.69) is 15.2 Å². The molecule has 1 aliphatic rings. The summed E-state index contributed by atoms with van der Waals surface area (Å²) in [4.78, 5) is 18.7. The summed E-state index contributed by atoms with van der Waals surface area (Å²) in [5.41, 5.74) is 2.32. The smallest absolute Gasteiger partial charge is 0.266 e. The van der Waals surface area contributed by atoms with Gasteiger partial charge in [-0.05, 0) is 18.6 Å². The average Bonchev–Trinajstić information content (AvgIpc) is 3.22. The van der Waals surface area contributed by atoms with E-state index in [1.807, 2.05) is 60.7 Å². The van der Waals surface area contributed by atoms with Crippen LogP contribution in [0.15, 0.2) is 71.4 Å². The Hall–Kier alpha value is -3.12. The largest absolute Gasteiger partial charge is 0.284 e. The molecule has 0 fully saturated rings. The van der Waals surface area contributed by atoms with Gasteiger partial charge in [0, 0.05) is 5.56 Å². The Bertz CT molecular complexity index is 977. The number of aliphatic imine (C=N–C) groups is 1. The van der Waals surface area contributed by atoms with E-state index < -0.39 is 0 Å². The number of carbonyl (C=O) groups is 1. The lowest BCUT2D eigenvalue weighted by Crippen LogP contribution is -2.30. The minimum atomic E-state index is -0.183. The molecule has 2 aromatic carbocycles. The fourth-order valence-corrected chi connectivity index (χ4v) is 3.46. The lowest BCUT2D eigenvalue weighted by atomic mass is 10.2. The zero-order valence-corrected chi connectivity index (χ0v) is 14.3. The van der Waals surface area contributed by atoms with Crippen molar-refractivity contribution < 1.29 is 4.79 Å². The lowest BCUT2D eigenvalue weighted by molar-refractivity contribution is -0.113. The average molecular weight is 346 g/mol. The predicted octanol–water partition coefficient (Wildman–Crippen LogP) is 4.01. The number of benzene rings is 2. The summed E-state index contributed by atoms with van der Waals surface area (Å²) in [6.45, 7) is 1.80.